The fourth-order valence-corrected chi connectivity index (χ4v) is 5.48. The lowest BCUT2D eigenvalue weighted by molar-refractivity contribution is -0.143. The van der Waals surface area contributed by atoms with Gasteiger partial charge in [-0.15, -0.1) is 0 Å². The normalized spacial score (nSPS) is 17.6. The van der Waals surface area contributed by atoms with Crippen molar-refractivity contribution < 1.29 is 31.1 Å². The number of halogens is 6. The molecule has 1 aromatic heterocycles. The Morgan fingerprint density at radius 2 is 1.62 bits per heavy atom. The Balaban J connectivity index is 1.99. The Labute approximate surface area is 243 Å². The van der Waals surface area contributed by atoms with Crippen LogP contribution < -0.4 is 10.1 Å². The van der Waals surface area contributed by atoms with Gasteiger partial charge in [0.2, 0.25) is 5.88 Å². The highest BCUT2D eigenvalue weighted by atomic mass is 19.4. The Kier molecular flexibility index (Phi) is 9.86. The Morgan fingerprint density at radius 3 is 2.12 bits per heavy atom. The van der Waals surface area contributed by atoms with Gasteiger partial charge < -0.3 is 10.1 Å². The molecule has 0 amide bonds. The summed E-state index contributed by atoms with van der Waals surface area (Å²) in [5.41, 5.74) is 0.512. The highest BCUT2D eigenvalue weighted by molar-refractivity contribution is 5.73. The van der Waals surface area contributed by atoms with Gasteiger partial charge in [0, 0.05) is 24.3 Å². The largest absolute Gasteiger partial charge is 0.481 e. The number of allylic oxidation sites excluding steroid dienone is 1. The number of methoxy groups -OCH3 is 1. The number of hydrogen-bond acceptors (Lipinski definition) is 5. The van der Waals surface area contributed by atoms with Crippen LogP contribution in [-0.4, -0.2) is 24.7 Å². The van der Waals surface area contributed by atoms with Crippen LogP contribution in [0.4, 0.5) is 26.3 Å². The summed E-state index contributed by atoms with van der Waals surface area (Å²) >= 11 is 0. The molecule has 1 heterocycles. The fraction of sp³-hybridized carbons (Fsp3) is 0.581. The molecule has 0 bridgehead atoms. The average Bonchev–Trinajstić information content (AvgIpc) is 2.85. The van der Waals surface area contributed by atoms with Crippen LogP contribution >= 0.6 is 0 Å². The first-order valence-electron chi connectivity index (χ1n) is 13.8. The van der Waals surface area contributed by atoms with Gasteiger partial charge in [-0.1, -0.05) is 45.4 Å². The molecule has 0 spiro atoms. The summed E-state index contributed by atoms with van der Waals surface area (Å²) in [6.07, 6.45) is -5.14. The van der Waals surface area contributed by atoms with E-state index in [2.05, 4.69) is 56.2 Å². The van der Waals surface area contributed by atoms with Gasteiger partial charge in [-0.3, -0.25) is 0 Å². The first kappa shape index (κ1) is 33.6. The second kappa shape index (κ2) is 12.3. The second-order valence-electron chi connectivity index (χ2n) is 13.1. The van der Waals surface area contributed by atoms with Crippen molar-refractivity contribution in [2.45, 2.75) is 91.7 Å². The van der Waals surface area contributed by atoms with E-state index >= 15 is 0 Å². The van der Waals surface area contributed by atoms with Gasteiger partial charge in [0.1, 0.15) is 6.04 Å². The van der Waals surface area contributed by atoms with Gasteiger partial charge in [-0.25, -0.2) is 4.98 Å². The zero-order valence-corrected chi connectivity index (χ0v) is 25.1. The number of nitrogens with zero attached hydrogens (tertiary/aromatic N) is 2. The molecule has 0 saturated carbocycles. The molecule has 2 unspecified atom stereocenters. The monoisotopic (exact) mass is 599 g/mol. The zero-order valence-electron chi connectivity index (χ0n) is 25.1. The SMILES string of the molecule is COc1ncc(CC(C)(C)C)cc1C1=C(CNC(C)C(N=O)c2cc(C(F)(F)F)cc(C(F)(F)F)c2)CC(C)(C)CC1. The molecule has 1 aliphatic carbocycles. The first-order chi connectivity index (χ1) is 19.2. The summed E-state index contributed by atoms with van der Waals surface area (Å²) in [7, 11) is 1.55. The average molecular weight is 600 g/mol. The van der Waals surface area contributed by atoms with Crippen molar-refractivity contribution in [3.05, 3.63) is 68.8 Å². The van der Waals surface area contributed by atoms with Crippen LogP contribution in [0.5, 0.6) is 5.88 Å². The third-order valence-electron chi connectivity index (χ3n) is 7.51. The van der Waals surface area contributed by atoms with Crippen LogP contribution in [0, 0.1) is 15.7 Å². The van der Waals surface area contributed by atoms with Crippen LogP contribution in [0.2, 0.25) is 0 Å². The maximum atomic E-state index is 13.4. The van der Waals surface area contributed by atoms with Crippen LogP contribution in [-0.2, 0) is 18.8 Å². The summed E-state index contributed by atoms with van der Waals surface area (Å²) in [6, 6.07) is 0.889. The number of alkyl halides is 6. The summed E-state index contributed by atoms with van der Waals surface area (Å²) in [5.74, 6) is 0.476. The van der Waals surface area contributed by atoms with E-state index in [4.69, 9.17) is 4.74 Å². The van der Waals surface area contributed by atoms with Gasteiger partial charge in [-0.2, -0.15) is 31.2 Å². The summed E-state index contributed by atoms with van der Waals surface area (Å²) in [6.45, 7) is 12.5. The number of aromatic nitrogens is 1. The predicted molar refractivity (Wildman–Crippen MR) is 151 cm³/mol. The molecule has 2 atom stereocenters. The van der Waals surface area contributed by atoms with Crippen molar-refractivity contribution in [2.75, 3.05) is 13.7 Å². The molecule has 0 fully saturated rings. The lowest BCUT2D eigenvalue weighted by Gasteiger charge is -2.35. The molecule has 1 N–H and O–H groups in total. The standard InChI is InChI=1S/C31H39F6N3O2/c1-18(26(40-41)20-11-22(30(32,33)34)13-23(12-20)31(35,36)37)38-17-21-15-29(5,6)9-8-24(21)25-10-19(14-28(2,3)4)16-39-27(25)42-7/h10-13,16,18,26,38H,8-9,14-15,17H2,1-7H3. The van der Waals surface area contributed by atoms with E-state index in [-0.39, 0.29) is 23.4 Å². The molecule has 42 heavy (non-hydrogen) atoms. The van der Waals surface area contributed by atoms with Crippen LogP contribution in [0.25, 0.3) is 5.57 Å². The quantitative estimate of drug-likeness (QED) is 0.231. The van der Waals surface area contributed by atoms with Gasteiger partial charge in [0.05, 0.1) is 18.2 Å². The summed E-state index contributed by atoms with van der Waals surface area (Å²) in [5, 5.41) is 6.12. The second-order valence-corrected chi connectivity index (χ2v) is 13.1. The zero-order chi connectivity index (χ0) is 31.7. The number of rotatable bonds is 9. The number of nitrogens with one attached hydrogen (secondary N) is 1. The third-order valence-corrected chi connectivity index (χ3v) is 7.51. The molecule has 11 heteroatoms. The van der Waals surface area contributed by atoms with Gasteiger partial charge >= 0.3 is 12.4 Å². The van der Waals surface area contributed by atoms with Crippen molar-refractivity contribution in [1.29, 1.82) is 0 Å². The van der Waals surface area contributed by atoms with Crippen LogP contribution in [0.1, 0.15) is 94.7 Å². The molecule has 2 aromatic rings. The lowest BCUT2D eigenvalue weighted by Crippen LogP contribution is -2.35. The van der Waals surface area contributed by atoms with E-state index in [9.17, 15) is 31.2 Å². The van der Waals surface area contributed by atoms with Crippen molar-refractivity contribution in [3.8, 4) is 5.88 Å². The summed E-state index contributed by atoms with van der Waals surface area (Å²) in [4.78, 5) is 16.4. The van der Waals surface area contributed by atoms with E-state index in [1.54, 1.807) is 13.3 Å². The minimum absolute atomic E-state index is 0.0303. The molecule has 0 saturated heterocycles. The molecule has 232 valence electrons. The smallest absolute Gasteiger partial charge is 0.416 e. The number of hydrogen-bond donors (Lipinski definition) is 1. The Hall–Kier alpha value is -2.95. The maximum absolute atomic E-state index is 13.4. The molecule has 0 aliphatic heterocycles. The topological polar surface area (TPSA) is 63.6 Å². The lowest BCUT2D eigenvalue weighted by atomic mass is 9.72. The minimum atomic E-state index is -5.03. The molecule has 1 aromatic carbocycles. The first-order valence-corrected chi connectivity index (χ1v) is 13.8. The van der Waals surface area contributed by atoms with E-state index in [0.717, 1.165) is 41.5 Å². The number of pyridine rings is 1. The molecule has 5 nitrogen and oxygen atoms in total. The Morgan fingerprint density at radius 1 is 1.02 bits per heavy atom. The van der Waals surface area contributed by atoms with E-state index in [0.29, 0.717) is 24.4 Å². The molecule has 3 rings (SSSR count). The Bertz CT molecular complexity index is 1280. The van der Waals surface area contributed by atoms with Gasteiger partial charge in [0.15, 0.2) is 0 Å². The van der Waals surface area contributed by atoms with Crippen LogP contribution in [0.15, 0.2) is 41.2 Å². The van der Waals surface area contributed by atoms with E-state index in [1.807, 2.05) is 0 Å². The highest BCUT2D eigenvalue weighted by Crippen LogP contribution is 2.44. The maximum Gasteiger partial charge on any atom is 0.416 e. The number of nitroso groups, excluding NO2 is 1. The minimum Gasteiger partial charge on any atom is -0.481 e. The molecule has 0 radical (unpaired) electrons. The molecule has 1 aliphatic rings. The van der Waals surface area contributed by atoms with Crippen molar-refractivity contribution in [2.24, 2.45) is 16.0 Å². The predicted octanol–water partition coefficient (Wildman–Crippen LogP) is 9.17. The molecular weight excluding hydrogens is 560 g/mol. The third kappa shape index (κ3) is 8.55. The van der Waals surface area contributed by atoms with Crippen molar-refractivity contribution in [1.82, 2.24) is 10.3 Å². The van der Waals surface area contributed by atoms with E-state index in [1.165, 1.54) is 6.92 Å². The summed E-state index contributed by atoms with van der Waals surface area (Å²) < 4.78 is 86.2. The van der Waals surface area contributed by atoms with Crippen molar-refractivity contribution >= 4 is 5.57 Å². The van der Waals surface area contributed by atoms with Crippen LogP contribution in [0.3, 0.4) is 0 Å². The number of ether oxygens (including phenoxy) is 1. The highest BCUT2D eigenvalue weighted by Gasteiger charge is 2.38. The fourth-order valence-electron chi connectivity index (χ4n) is 5.48. The van der Waals surface area contributed by atoms with Gasteiger partial charge in [-0.05, 0) is 84.4 Å². The molecular formula is C31H39F6N3O2. The van der Waals surface area contributed by atoms with Gasteiger partial charge in [0.25, 0.3) is 0 Å². The number of benzene rings is 1. The van der Waals surface area contributed by atoms with Crippen molar-refractivity contribution in [3.63, 3.8) is 0 Å². The van der Waals surface area contributed by atoms with E-state index < -0.39 is 41.1 Å².